The van der Waals surface area contributed by atoms with Crippen molar-refractivity contribution in [2.45, 2.75) is 6.92 Å². The molecule has 2 heterocycles. The average molecular weight is 229 g/mol. The second-order valence-electron chi connectivity index (χ2n) is 2.80. The zero-order valence-corrected chi connectivity index (χ0v) is 9.49. The number of rotatable bonds is 2. The molecular formula is C9H11NO2S2. The third-order valence-corrected chi connectivity index (χ3v) is 4.00. The number of ether oxygens (including phenoxy) is 1. The molecule has 0 spiro atoms. The van der Waals surface area contributed by atoms with E-state index in [0.717, 1.165) is 22.2 Å². The maximum Gasteiger partial charge on any atom is 0.347 e. The van der Waals surface area contributed by atoms with Crippen LogP contribution in [0, 0.1) is 0 Å². The fraction of sp³-hybridized carbons (Fsp3) is 0.444. The first kappa shape index (κ1) is 9.98. The first-order valence-corrected chi connectivity index (χ1v) is 6.33. The standard InChI is InChI=1S/C9H11NO2S2/c1-2-12-9(11)7-8-10(3-5-13-7)4-6-14-8/h4,6H,2-3,5H2,1H3. The Bertz CT molecular complexity index is 312. The van der Waals surface area contributed by atoms with E-state index in [2.05, 4.69) is 4.90 Å². The highest BCUT2D eigenvalue weighted by atomic mass is 32.2. The number of esters is 1. The second-order valence-corrected chi connectivity index (χ2v) is 4.80. The minimum Gasteiger partial charge on any atom is -0.462 e. The summed E-state index contributed by atoms with van der Waals surface area (Å²) in [7, 11) is 0. The monoisotopic (exact) mass is 229 g/mol. The number of nitrogens with zero attached hydrogens (tertiary/aromatic N) is 1. The van der Waals surface area contributed by atoms with Crippen molar-refractivity contribution in [3.63, 3.8) is 0 Å². The second kappa shape index (κ2) is 4.31. The molecule has 14 heavy (non-hydrogen) atoms. The summed E-state index contributed by atoms with van der Waals surface area (Å²) in [5.41, 5.74) is 0. The molecule has 5 heteroatoms. The zero-order chi connectivity index (χ0) is 9.97. The van der Waals surface area contributed by atoms with Crippen molar-refractivity contribution in [3.05, 3.63) is 21.5 Å². The van der Waals surface area contributed by atoms with E-state index in [1.165, 1.54) is 0 Å². The van der Waals surface area contributed by atoms with Crippen molar-refractivity contribution < 1.29 is 9.53 Å². The van der Waals surface area contributed by atoms with Crippen molar-refractivity contribution in [2.75, 3.05) is 18.9 Å². The van der Waals surface area contributed by atoms with E-state index >= 15 is 0 Å². The highest BCUT2D eigenvalue weighted by Gasteiger charge is 2.27. The smallest absolute Gasteiger partial charge is 0.347 e. The maximum absolute atomic E-state index is 11.6. The Balaban J connectivity index is 2.20. The lowest BCUT2D eigenvalue weighted by atomic mass is 10.5. The van der Waals surface area contributed by atoms with Crippen LogP contribution in [-0.2, 0) is 9.53 Å². The summed E-state index contributed by atoms with van der Waals surface area (Å²) in [6, 6.07) is 0. The maximum atomic E-state index is 11.6. The molecule has 0 saturated heterocycles. The van der Waals surface area contributed by atoms with Crippen LogP contribution in [0.5, 0.6) is 0 Å². The van der Waals surface area contributed by atoms with Crippen molar-refractivity contribution in [3.8, 4) is 0 Å². The predicted octanol–water partition coefficient (Wildman–Crippen LogP) is 1.99. The summed E-state index contributed by atoms with van der Waals surface area (Å²) < 4.78 is 5.00. The molecule has 0 saturated carbocycles. The lowest BCUT2D eigenvalue weighted by Crippen LogP contribution is -2.23. The number of hydrogen-bond acceptors (Lipinski definition) is 5. The molecule has 76 valence electrons. The van der Waals surface area contributed by atoms with Crippen LogP contribution in [0.1, 0.15) is 6.92 Å². The van der Waals surface area contributed by atoms with Gasteiger partial charge in [0.2, 0.25) is 0 Å². The lowest BCUT2D eigenvalue weighted by molar-refractivity contribution is -0.137. The van der Waals surface area contributed by atoms with Crippen molar-refractivity contribution >= 4 is 29.5 Å². The molecule has 0 bridgehead atoms. The minimum absolute atomic E-state index is 0.187. The van der Waals surface area contributed by atoms with Crippen LogP contribution in [-0.4, -0.2) is 29.8 Å². The van der Waals surface area contributed by atoms with Crippen LogP contribution in [0.2, 0.25) is 0 Å². The van der Waals surface area contributed by atoms with Gasteiger partial charge in [-0.2, -0.15) is 0 Å². The molecule has 0 aromatic carbocycles. The summed E-state index contributed by atoms with van der Waals surface area (Å²) in [6.45, 7) is 3.25. The zero-order valence-electron chi connectivity index (χ0n) is 7.86. The van der Waals surface area contributed by atoms with Gasteiger partial charge in [-0.25, -0.2) is 4.79 Å². The Hall–Kier alpha value is -0.550. The molecule has 0 fully saturated rings. The summed E-state index contributed by atoms with van der Waals surface area (Å²) in [5.74, 6) is 0.760. The minimum atomic E-state index is -0.187. The Morgan fingerprint density at radius 2 is 2.57 bits per heavy atom. The third-order valence-electron chi connectivity index (χ3n) is 1.91. The van der Waals surface area contributed by atoms with E-state index in [-0.39, 0.29) is 5.97 Å². The highest BCUT2D eigenvalue weighted by Crippen LogP contribution is 2.39. The molecule has 0 N–H and O–H groups in total. The quantitative estimate of drug-likeness (QED) is 0.676. The molecule has 3 nitrogen and oxygen atoms in total. The molecule has 2 rings (SSSR count). The fourth-order valence-corrected chi connectivity index (χ4v) is 3.36. The predicted molar refractivity (Wildman–Crippen MR) is 59.6 cm³/mol. The molecule has 2 aliphatic heterocycles. The van der Waals surface area contributed by atoms with Gasteiger partial charge in [0.05, 0.1) is 6.61 Å². The molecule has 0 aliphatic carbocycles. The molecular weight excluding hydrogens is 218 g/mol. The Labute approximate surface area is 91.5 Å². The fourth-order valence-electron chi connectivity index (χ4n) is 1.31. The van der Waals surface area contributed by atoms with Gasteiger partial charge in [0.1, 0.15) is 9.93 Å². The molecule has 0 aromatic heterocycles. The van der Waals surface area contributed by atoms with Gasteiger partial charge >= 0.3 is 5.97 Å². The molecule has 0 unspecified atom stereocenters. The van der Waals surface area contributed by atoms with Crippen molar-refractivity contribution in [1.82, 2.24) is 4.90 Å². The highest BCUT2D eigenvalue weighted by molar-refractivity contribution is 8.09. The van der Waals surface area contributed by atoms with E-state index in [4.69, 9.17) is 4.74 Å². The Kier molecular flexibility index (Phi) is 3.08. The van der Waals surface area contributed by atoms with Crippen LogP contribution in [0.15, 0.2) is 21.5 Å². The van der Waals surface area contributed by atoms with Gasteiger partial charge in [0.15, 0.2) is 0 Å². The first-order valence-electron chi connectivity index (χ1n) is 4.47. The van der Waals surface area contributed by atoms with Crippen LogP contribution in [0.4, 0.5) is 0 Å². The molecule has 0 atom stereocenters. The van der Waals surface area contributed by atoms with Gasteiger partial charge in [0, 0.05) is 18.5 Å². The van der Waals surface area contributed by atoms with Gasteiger partial charge in [-0.1, -0.05) is 11.8 Å². The number of carbonyl (C=O) groups is 1. The van der Waals surface area contributed by atoms with E-state index in [1.807, 2.05) is 18.5 Å². The van der Waals surface area contributed by atoms with E-state index < -0.39 is 0 Å². The Morgan fingerprint density at radius 3 is 3.36 bits per heavy atom. The van der Waals surface area contributed by atoms with Crippen LogP contribution < -0.4 is 0 Å². The molecule has 0 amide bonds. The van der Waals surface area contributed by atoms with Gasteiger partial charge in [0.25, 0.3) is 0 Å². The largest absolute Gasteiger partial charge is 0.462 e. The van der Waals surface area contributed by atoms with Crippen molar-refractivity contribution in [2.24, 2.45) is 0 Å². The molecule has 0 radical (unpaired) electrons. The van der Waals surface area contributed by atoms with Gasteiger partial charge in [-0.05, 0) is 12.3 Å². The van der Waals surface area contributed by atoms with Crippen LogP contribution >= 0.6 is 23.5 Å². The summed E-state index contributed by atoms with van der Waals surface area (Å²) >= 11 is 3.18. The number of fused-ring (bicyclic) bond motifs is 1. The number of carbonyl (C=O) groups excluding carboxylic acids is 1. The SMILES string of the molecule is CCOC(=O)C1=C2SC=CN2CCS1. The summed E-state index contributed by atoms with van der Waals surface area (Å²) in [5, 5.41) is 3.03. The van der Waals surface area contributed by atoms with Gasteiger partial charge in [-0.15, -0.1) is 11.8 Å². The number of thioether (sulfide) groups is 2. The normalized spacial score (nSPS) is 19.9. The third kappa shape index (κ3) is 1.79. The first-order chi connectivity index (χ1) is 6.83. The van der Waals surface area contributed by atoms with E-state index in [0.29, 0.717) is 6.61 Å². The van der Waals surface area contributed by atoms with Crippen molar-refractivity contribution in [1.29, 1.82) is 0 Å². The van der Waals surface area contributed by atoms with Gasteiger partial charge < -0.3 is 9.64 Å². The average Bonchev–Trinajstić information content (AvgIpc) is 2.65. The summed E-state index contributed by atoms with van der Waals surface area (Å²) in [4.78, 5) is 14.4. The molecule has 0 aromatic rings. The van der Waals surface area contributed by atoms with Crippen LogP contribution in [0.25, 0.3) is 0 Å². The molecule has 2 aliphatic rings. The number of hydrogen-bond donors (Lipinski definition) is 0. The topological polar surface area (TPSA) is 29.5 Å². The van der Waals surface area contributed by atoms with E-state index in [1.54, 1.807) is 23.5 Å². The summed E-state index contributed by atoms with van der Waals surface area (Å²) in [6.07, 6.45) is 2.01. The Morgan fingerprint density at radius 1 is 1.71 bits per heavy atom. The van der Waals surface area contributed by atoms with Crippen LogP contribution in [0.3, 0.4) is 0 Å². The lowest BCUT2D eigenvalue weighted by Gasteiger charge is -2.24. The van der Waals surface area contributed by atoms with E-state index in [9.17, 15) is 4.79 Å². The van der Waals surface area contributed by atoms with Gasteiger partial charge in [-0.3, -0.25) is 0 Å².